The van der Waals surface area contributed by atoms with Gasteiger partial charge in [-0.05, 0) is 24.6 Å². The van der Waals surface area contributed by atoms with Crippen molar-refractivity contribution in [3.8, 4) is 0 Å². The highest BCUT2D eigenvalue weighted by atomic mass is 32.2. The lowest BCUT2D eigenvalue weighted by molar-refractivity contribution is -0.148. The number of carbonyl (C=O) groups excluding carboxylic acids is 2. The van der Waals surface area contributed by atoms with E-state index in [0.717, 1.165) is 0 Å². The standard InChI is InChI=1S/C19H20N2O6S/c22-17-8-4-5-10-20(17)12-19(24)27-13-18(23)21(15-6-2-1-3-7-15)16-9-11-28(25,26)14-16/h1-8,10,16H,9,11-14H2/t16-/m1/s1. The minimum Gasteiger partial charge on any atom is -0.454 e. The van der Waals surface area contributed by atoms with Crippen molar-refractivity contribution in [1.29, 1.82) is 0 Å². The van der Waals surface area contributed by atoms with Gasteiger partial charge in [-0.25, -0.2) is 8.42 Å². The summed E-state index contributed by atoms with van der Waals surface area (Å²) in [5, 5.41) is 0. The van der Waals surface area contributed by atoms with Crippen LogP contribution in [-0.2, 0) is 30.7 Å². The van der Waals surface area contributed by atoms with E-state index in [0.29, 0.717) is 12.1 Å². The van der Waals surface area contributed by atoms with E-state index in [2.05, 4.69) is 0 Å². The molecule has 0 aliphatic carbocycles. The Morgan fingerprint density at radius 1 is 1.11 bits per heavy atom. The predicted molar refractivity (Wildman–Crippen MR) is 103 cm³/mol. The van der Waals surface area contributed by atoms with Crippen molar-refractivity contribution in [3.63, 3.8) is 0 Å². The largest absolute Gasteiger partial charge is 0.454 e. The summed E-state index contributed by atoms with van der Waals surface area (Å²) in [6.07, 6.45) is 1.78. The zero-order valence-corrected chi connectivity index (χ0v) is 15.9. The van der Waals surface area contributed by atoms with E-state index in [-0.39, 0.29) is 23.6 Å². The fourth-order valence-electron chi connectivity index (χ4n) is 3.11. The number of esters is 1. The number of aromatic nitrogens is 1. The van der Waals surface area contributed by atoms with Crippen molar-refractivity contribution < 1.29 is 22.7 Å². The molecule has 9 heteroatoms. The highest BCUT2D eigenvalue weighted by Gasteiger charge is 2.35. The Morgan fingerprint density at radius 3 is 2.46 bits per heavy atom. The van der Waals surface area contributed by atoms with Crippen LogP contribution in [0.15, 0.2) is 59.5 Å². The van der Waals surface area contributed by atoms with Crippen LogP contribution in [0, 0.1) is 0 Å². The van der Waals surface area contributed by atoms with Crippen LogP contribution in [0.2, 0.25) is 0 Å². The lowest BCUT2D eigenvalue weighted by Gasteiger charge is -2.28. The van der Waals surface area contributed by atoms with Crippen LogP contribution < -0.4 is 10.5 Å². The summed E-state index contributed by atoms with van der Waals surface area (Å²) in [5.74, 6) is -1.35. The lowest BCUT2D eigenvalue weighted by Crippen LogP contribution is -2.43. The van der Waals surface area contributed by atoms with Crippen LogP contribution >= 0.6 is 0 Å². The Bertz CT molecular complexity index is 1020. The topological polar surface area (TPSA) is 103 Å². The van der Waals surface area contributed by atoms with Gasteiger partial charge in [0.1, 0.15) is 6.54 Å². The van der Waals surface area contributed by atoms with E-state index in [4.69, 9.17) is 4.74 Å². The molecule has 1 atom stereocenters. The van der Waals surface area contributed by atoms with Crippen molar-refractivity contribution >= 4 is 27.4 Å². The van der Waals surface area contributed by atoms with E-state index in [1.54, 1.807) is 42.5 Å². The van der Waals surface area contributed by atoms with Crippen molar-refractivity contribution in [2.45, 2.75) is 19.0 Å². The first-order valence-electron chi connectivity index (χ1n) is 8.74. The molecule has 1 aliphatic rings. The highest BCUT2D eigenvalue weighted by Crippen LogP contribution is 2.24. The number of nitrogens with zero attached hydrogens (tertiary/aromatic N) is 2. The Balaban J connectivity index is 1.69. The monoisotopic (exact) mass is 404 g/mol. The van der Waals surface area contributed by atoms with Crippen LogP contribution in [0.5, 0.6) is 0 Å². The van der Waals surface area contributed by atoms with E-state index in [9.17, 15) is 22.8 Å². The molecular formula is C19H20N2O6S. The number of sulfone groups is 1. The molecule has 2 aromatic rings. The second kappa shape index (κ2) is 8.39. The molecular weight excluding hydrogens is 384 g/mol. The van der Waals surface area contributed by atoms with E-state index in [1.165, 1.54) is 21.7 Å². The molecule has 0 spiro atoms. The number of carbonyl (C=O) groups is 2. The zero-order valence-electron chi connectivity index (χ0n) is 15.1. The smallest absolute Gasteiger partial charge is 0.326 e. The number of amides is 1. The van der Waals surface area contributed by atoms with Gasteiger partial charge < -0.3 is 14.2 Å². The van der Waals surface area contributed by atoms with Gasteiger partial charge in [-0.2, -0.15) is 0 Å². The Hall–Kier alpha value is -2.94. The molecule has 1 aromatic carbocycles. The van der Waals surface area contributed by atoms with Crippen LogP contribution in [0.4, 0.5) is 5.69 Å². The van der Waals surface area contributed by atoms with Gasteiger partial charge in [0.15, 0.2) is 16.4 Å². The fourth-order valence-corrected chi connectivity index (χ4v) is 4.81. The van der Waals surface area contributed by atoms with Gasteiger partial charge in [-0.1, -0.05) is 24.3 Å². The highest BCUT2D eigenvalue weighted by molar-refractivity contribution is 7.91. The summed E-state index contributed by atoms with van der Waals surface area (Å²) in [4.78, 5) is 37.8. The number of anilines is 1. The SMILES string of the molecule is O=C(Cn1ccccc1=O)OCC(=O)N(c1ccccc1)[C@@H]1CCS(=O)(=O)C1. The summed E-state index contributed by atoms with van der Waals surface area (Å²) < 4.78 is 29.9. The van der Waals surface area contributed by atoms with Gasteiger partial charge in [-0.15, -0.1) is 0 Å². The molecule has 1 amide bonds. The minimum absolute atomic E-state index is 0.0188. The fraction of sp³-hybridized carbons (Fsp3) is 0.316. The number of para-hydroxylation sites is 1. The van der Waals surface area contributed by atoms with Crippen LogP contribution in [-0.4, -0.2) is 49.0 Å². The maximum Gasteiger partial charge on any atom is 0.326 e. The molecule has 2 heterocycles. The second-order valence-corrected chi connectivity index (χ2v) is 8.71. The lowest BCUT2D eigenvalue weighted by atomic mass is 10.2. The molecule has 1 saturated heterocycles. The van der Waals surface area contributed by atoms with E-state index in [1.807, 2.05) is 0 Å². The molecule has 28 heavy (non-hydrogen) atoms. The van der Waals surface area contributed by atoms with Crippen molar-refractivity contribution in [1.82, 2.24) is 4.57 Å². The average Bonchev–Trinajstić information content (AvgIpc) is 3.02. The van der Waals surface area contributed by atoms with Gasteiger partial charge in [-0.3, -0.25) is 14.4 Å². The number of benzene rings is 1. The normalized spacial score (nSPS) is 17.8. The van der Waals surface area contributed by atoms with E-state index >= 15 is 0 Å². The molecule has 0 saturated carbocycles. The quantitative estimate of drug-likeness (QED) is 0.654. The number of pyridine rings is 1. The number of hydrogen-bond donors (Lipinski definition) is 0. The third-order valence-corrected chi connectivity index (χ3v) is 6.18. The number of hydrogen-bond acceptors (Lipinski definition) is 6. The molecule has 8 nitrogen and oxygen atoms in total. The van der Waals surface area contributed by atoms with Gasteiger partial charge in [0.2, 0.25) is 0 Å². The molecule has 1 fully saturated rings. The van der Waals surface area contributed by atoms with Crippen LogP contribution in [0.25, 0.3) is 0 Å². The second-order valence-electron chi connectivity index (χ2n) is 6.48. The zero-order chi connectivity index (χ0) is 20.1. The molecule has 0 N–H and O–H groups in total. The molecule has 1 aliphatic heterocycles. The summed E-state index contributed by atoms with van der Waals surface area (Å²) >= 11 is 0. The Morgan fingerprint density at radius 2 is 1.82 bits per heavy atom. The number of rotatable bonds is 6. The molecule has 0 radical (unpaired) electrons. The first-order valence-corrected chi connectivity index (χ1v) is 10.6. The summed E-state index contributed by atoms with van der Waals surface area (Å²) in [6.45, 7) is -0.845. The van der Waals surface area contributed by atoms with Crippen LogP contribution in [0.1, 0.15) is 6.42 Å². The number of ether oxygens (including phenoxy) is 1. The predicted octanol–water partition coefficient (Wildman–Crippen LogP) is 0.612. The summed E-state index contributed by atoms with van der Waals surface area (Å²) in [5.41, 5.74) is 0.192. The maximum absolute atomic E-state index is 12.8. The van der Waals surface area contributed by atoms with Crippen molar-refractivity contribution in [3.05, 3.63) is 65.1 Å². The minimum atomic E-state index is -3.20. The Labute approximate surface area is 162 Å². The summed E-state index contributed by atoms with van der Waals surface area (Å²) in [6, 6.07) is 12.7. The molecule has 3 rings (SSSR count). The van der Waals surface area contributed by atoms with Gasteiger partial charge >= 0.3 is 5.97 Å². The first kappa shape index (κ1) is 19.8. The molecule has 1 aromatic heterocycles. The molecule has 0 unspecified atom stereocenters. The van der Waals surface area contributed by atoms with E-state index < -0.39 is 34.4 Å². The molecule has 148 valence electrons. The molecule has 0 bridgehead atoms. The average molecular weight is 404 g/mol. The van der Waals surface area contributed by atoms with Crippen molar-refractivity contribution in [2.75, 3.05) is 23.0 Å². The maximum atomic E-state index is 12.8. The summed E-state index contributed by atoms with van der Waals surface area (Å²) in [7, 11) is -3.20. The van der Waals surface area contributed by atoms with Crippen molar-refractivity contribution in [2.24, 2.45) is 0 Å². The van der Waals surface area contributed by atoms with Gasteiger partial charge in [0, 0.05) is 18.0 Å². The Kier molecular flexibility index (Phi) is 5.93. The van der Waals surface area contributed by atoms with Gasteiger partial charge in [0.05, 0.1) is 17.5 Å². The van der Waals surface area contributed by atoms with Gasteiger partial charge in [0.25, 0.3) is 11.5 Å². The first-order chi connectivity index (χ1) is 13.4. The third-order valence-electron chi connectivity index (χ3n) is 4.43. The van der Waals surface area contributed by atoms with Crippen LogP contribution in [0.3, 0.4) is 0 Å². The third kappa shape index (κ3) is 4.86.